The Morgan fingerprint density at radius 1 is 0.397 bits per heavy atom. The van der Waals surface area contributed by atoms with Crippen LogP contribution in [-0.2, 0) is 23.9 Å². The van der Waals surface area contributed by atoms with Crippen molar-refractivity contribution in [1.82, 2.24) is 26.2 Å². The summed E-state index contributed by atoms with van der Waals surface area (Å²) < 4.78 is 10.6. The van der Waals surface area contributed by atoms with Crippen LogP contribution in [0.5, 0.6) is 0 Å². The molecule has 0 aromatic rings. The average Bonchev–Trinajstić information content (AvgIpc) is 3.20. The molecule has 5 amide bonds. The monoisotopic (exact) mass is 893 g/mol. The number of imide groups is 3. The number of hydrogen-bond donors (Lipinski definition) is 4. The van der Waals surface area contributed by atoms with Crippen LogP contribution < -0.4 is 21.3 Å². The molecule has 0 radical (unpaired) electrons. The third-order valence-electron chi connectivity index (χ3n) is 10.5. The van der Waals surface area contributed by atoms with E-state index in [1.165, 1.54) is 116 Å². The molecule has 0 aliphatic heterocycles. The van der Waals surface area contributed by atoms with Gasteiger partial charge in [-0.1, -0.05) is 168 Å². The summed E-state index contributed by atoms with van der Waals surface area (Å²) in [6.07, 6.45) is 30.1. The number of nitrogens with one attached hydrogen (secondary N) is 4. The molecule has 63 heavy (non-hydrogen) atoms. The highest BCUT2D eigenvalue weighted by Gasteiger charge is 2.27. The van der Waals surface area contributed by atoms with E-state index in [-0.39, 0.29) is 45.4 Å². The number of aliphatic imine (C=N–C) groups is 1. The fourth-order valence-corrected chi connectivity index (χ4v) is 7.10. The molecule has 0 saturated carbocycles. The molecule has 0 aliphatic rings. The van der Waals surface area contributed by atoms with Crippen molar-refractivity contribution in [3.05, 3.63) is 0 Å². The highest BCUT2D eigenvalue weighted by atomic mass is 16.6. The van der Waals surface area contributed by atoms with Crippen molar-refractivity contribution in [2.45, 2.75) is 253 Å². The number of alkyl carbamates (subject to hydrolysis) is 2. The van der Waals surface area contributed by atoms with Gasteiger partial charge in [0.15, 0.2) is 5.96 Å². The number of amides is 5. The van der Waals surface area contributed by atoms with E-state index < -0.39 is 41.1 Å². The van der Waals surface area contributed by atoms with E-state index in [0.717, 1.165) is 43.4 Å². The molecule has 0 saturated heterocycles. The molecule has 368 valence electrons. The van der Waals surface area contributed by atoms with Gasteiger partial charge in [0.05, 0.1) is 6.54 Å². The van der Waals surface area contributed by atoms with Gasteiger partial charge >= 0.3 is 12.2 Å². The molecule has 0 atom stereocenters. The van der Waals surface area contributed by atoms with Gasteiger partial charge in [0.25, 0.3) is 0 Å². The number of carbonyl (C=O) groups is 5. The SMILES string of the molecule is CCCCCCCCCCCCCCCC(=O)N(C(=O)CCCCCCCCCCCCCCC)C(=O)CCNC(=NCCNC(=O)OC(C)(C)C)NCCNC(=O)OC(C)(C)C. The summed E-state index contributed by atoms with van der Waals surface area (Å²) in [5.41, 5.74) is -1.26. The van der Waals surface area contributed by atoms with Crippen LogP contribution in [0.15, 0.2) is 4.99 Å². The number of carbonyl (C=O) groups excluding carboxylic acids is 5. The Morgan fingerprint density at radius 3 is 1.06 bits per heavy atom. The molecule has 0 aromatic heterocycles. The Hall–Kier alpha value is -3.38. The first-order valence-electron chi connectivity index (χ1n) is 25.4. The van der Waals surface area contributed by atoms with E-state index in [4.69, 9.17) is 9.47 Å². The minimum absolute atomic E-state index is 0.0955. The van der Waals surface area contributed by atoms with Gasteiger partial charge in [-0.05, 0) is 54.4 Å². The maximum absolute atomic E-state index is 13.6. The number of unbranched alkanes of at least 4 members (excludes halogenated alkanes) is 24. The van der Waals surface area contributed by atoms with Crippen LogP contribution in [0.1, 0.15) is 242 Å². The van der Waals surface area contributed by atoms with Crippen molar-refractivity contribution in [1.29, 1.82) is 0 Å². The van der Waals surface area contributed by atoms with Gasteiger partial charge in [0, 0.05) is 45.4 Å². The summed E-state index contributed by atoms with van der Waals surface area (Å²) in [4.78, 5) is 70.3. The predicted molar refractivity (Wildman–Crippen MR) is 259 cm³/mol. The van der Waals surface area contributed by atoms with Crippen LogP contribution in [0.3, 0.4) is 0 Å². The fraction of sp³-hybridized carbons (Fsp3) is 0.880. The molecule has 0 rings (SSSR count). The van der Waals surface area contributed by atoms with Crippen LogP contribution >= 0.6 is 0 Å². The predicted octanol–water partition coefficient (Wildman–Crippen LogP) is 11.8. The molecule has 0 unspecified atom stereocenters. The molecule has 0 heterocycles. The van der Waals surface area contributed by atoms with E-state index in [2.05, 4.69) is 40.1 Å². The molecule has 0 aromatic carbocycles. The zero-order valence-corrected chi connectivity index (χ0v) is 41.8. The van der Waals surface area contributed by atoms with Crippen molar-refractivity contribution >= 4 is 35.9 Å². The Balaban J connectivity index is 5.24. The Morgan fingerprint density at radius 2 is 0.698 bits per heavy atom. The van der Waals surface area contributed by atoms with E-state index >= 15 is 0 Å². The quantitative estimate of drug-likeness (QED) is 0.0269. The van der Waals surface area contributed by atoms with Crippen molar-refractivity contribution in [2.75, 3.05) is 32.7 Å². The van der Waals surface area contributed by atoms with Gasteiger partial charge < -0.3 is 30.7 Å². The number of hydrogen-bond acceptors (Lipinski definition) is 8. The van der Waals surface area contributed by atoms with Crippen molar-refractivity contribution in [3.8, 4) is 0 Å². The van der Waals surface area contributed by atoms with E-state index in [1.54, 1.807) is 41.5 Å². The van der Waals surface area contributed by atoms with Crippen LogP contribution in [0.2, 0.25) is 0 Å². The lowest BCUT2D eigenvalue weighted by molar-refractivity contribution is -0.154. The molecule has 0 fully saturated rings. The van der Waals surface area contributed by atoms with Gasteiger partial charge in [0.1, 0.15) is 11.2 Å². The summed E-state index contributed by atoms with van der Waals surface area (Å²) in [7, 11) is 0. The fourth-order valence-electron chi connectivity index (χ4n) is 7.10. The smallest absolute Gasteiger partial charge is 0.407 e. The van der Waals surface area contributed by atoms with Crippen molar-refractivity contribution in [3.63, 3.8) is 0 Å². The summed E-state index contributed by atoms with van der Waals surface area (Å²) in [5.74, 6) is -1.03. The van der Waals surface area contributed by atoms with Crippen LogP contribution in [-0.4, -0.2) is 84.7 Å². The zero-order valence-electron chi connectivity index (χ0n) is 41.8. The normalized spacial score (nSPS) is 11.8. The number of rotatable bonds is 37. The molecule has 4 N–H and O–H groups in total. The Labute approximate surface area is 385 Å². The minimum Gasteiger partial charge on any atom is -0.444 e. The summed E-state index contributed by atoms with van der Waals surface area (Å²) in [6, 6.07) is 0. The second kappa shape index (κ2) is 39.0. The first-order chi connectivity index (χ1) is 30.1. The molecular formula is C50H96N6O7. The van der Waals surface area contributed by atoms with Gasteiger partial charge in [-0.2, -0.15) is 0 Å². The van der Waals surface area contributed by atoms with Gasteiger partial charge in [-0.15, -0.1) is 0 Å². The average molecular weight is 893 g/mol. The zero-order chi connectivity index (χ0) is 47.0. The first kappa shape index (κ1) is 59.6. The standard InChI is InChI=1S/C50H96N6O7/c1-9-11-13-15-17-19-21-23-25-27-29-31-33-35-43(57)56(44(58)36-34-32-30-28-26-24-22-20-18-16-14-12-10-2)45(59)37-38-51-46(52-39-41-54-47(60)62-49(3,4)5)53-40-42-55-48(61)63-50(6,7)8/h9-42H2,1-8H3,(H,54,60)(H,55,61)(H2,51,52,53). The summed E-state index contributed by atoms with van der Waals surface area (Å²) in [6.45, 7) is 16.2. The van der Waals surface area contributed by atoms with Crippen LogP contribution in [0, 0.1) is 0 Å². The maximum Gasteiger partial charge on any atom is 0.407 e. The van der Waals surface area contributed by atoms with Crippen molar-refractivity contribution in [2.24, 2.45) is 4.99 Å². The molecule has 0 aliphatic carbocycles. The van der Waals surface area contributed by atoms with Gasteiger partial charge in [-0.3, -0.25) is 19.4 Å². The molecule has 13 heteroatoms. The second-order valence-corrected chi connectivity index (χ2v) is 19.2. The highest BCUT2D eigenvalue weighted by Crippen LogP contribution is 2.16. The minimum atomic E-state index is -0.634. The Bertz CT molecular complexity index is 1190. The van der Waals surface area contributed by atoms with E-state index in [0.29, 0.717) is 25.3 Å². The molecular weight excluding hydrogens is 797 g/mol. The maximum atomic E-state index is 13.6. The molecule has 0 bridgehead atoms. The highest BCUT2D eigenvalue weighted by molar-refractivity contribution is 6.10. The number of ether oxygens (including phenoxy) is 2. The van der Waals surface area contributed by atoms with E-state index in [9.17, 15) is 24.0 Å². The van der Waals surface area contributed by atoms with Crippen LogP contribution in [0.4, 0.5) is 9.59 Å². The Kier molecular flexibility index (Phi) is 36.9. The third-order valence-corrected chi connectivity index (χ3v) is 10.5. The first-order valence-corrected chi connectivity index (χ1v) is 25.4. The third kappa shape index (κ3) is 39.9. The van der Waals surface area contributed by atoms with E-state index in [1.807, 2.05) is 0 Å². The lowest BCUT2D eigenvalue weighted by atomic mass is 10.0. The summed E-state index contributed by atoms with van der Waals surface area (Å²) in [5, 5.41) is 11.6. The van der Waals surface area contributed by atoms with Crippen molar-refractivity contribution < 1.29 is 33.4 Å². The second-order valence-electron chi connectivity index (χ2n) is 19.2. The number of guanidine groups is 1. The lowest BCUT2D eigenvalue weighted by Crippen LogP contribution is -2.45. The molecule has 13 nitrogen and oxygen atoms in total. The topological polar surface area (TPSA) is 168 Å². The largest absolute Gasteiger partial charge is 0.444 e. The number of nitrogens with zero attached hydrogens (tertiary/aromatic N) is 2. The lowest BCUT2D eigenvalue weighted by Gasteiger charge is -2.21. The van der Waals surface area contributed by atoms with Crippen LogP contribution in [0.25, 0.3) is 0 Å². The van der Waals surface area contributed by atoms with Gasteiger partial charge in [-0.25, -0.2) is 14.5 Å². The molecule has 0 spiro atoms. The van der Waals surface area contributed by atoms with Gasteiger partial charge in [0.2, 0.25) is 17.7 Å². The summed E-state index contributed by atoms with van der Waals surface area (Å²) >= 11 is 0.